The maximum absolute atomic E-state index is 12.9. The van der Waals surface area contributed by atoms with Gasteiger partial charge in [-0.3, -0.25) is 9.69 Å². The van der Waals surface area contributed by atoms with Crippen molar-refractivity contribution >= 4 is 11.6 Å². The maximum atomic E-state index is 12.9. The summed E-state index contributed by atoms with van der Waals surface area (Å²) in [5.74, 6) is 0.185. The van der Waals surface area contributed by atoms with Crippen molar-refractivity contribution in [3.05, 3.63) is 65.2 Å². The molecule has 2 aromatic carbocycles. The largest absolute Gasteiger partial charge is 0.310 e. The molecule has 0 saturated carbocycles. The average Bonchev–Trinajstić information content (AvgIpc) is 2.99. The first-order valence-electron chi connectivity index (χ1n) is 8.21. The zero-order valence-electron chi connectivity index (χ0n) is 14.1. The van der Waals surface area contributed by atoms with E-state index in [2.05, 4.69) is 42.2 Å². The summed E-state index contributed by atoms with van der Waals surface area (Å²) >= 11 is 0. The molecular weight excluding hydrogens is 284 g/mol. The standard InChI is InChI=1S/C20H24N2O/c1-15-8-10-17(11-9-15)14-21(3)16(2)20(23)22-13-12-18-6-4-5-7-19(18)22/h4-11,16H,12-14H2,1-3H3/t16-/m0/s1. The van der Waals surface area contributed by atoms with Crippen molar-refractivity contribution in [2.45, 2.75) is 32.9 Å². The van der Waals surface area contributed by atoms with Crippen LogP contribution in [0.1, 0.15) is 23.6 Å². The number of aryl methyl sites for hydroxylation is 1. The minimum Gasteiger partial charge on any atom is -0.310 e. The molecule has 120 valence electrons. The minimum atomic E-state index is -0.137. The van der Waals surface area contributed by atoms with E-state index in [0.29, 0.717) is 0 Å². The molecule has 0 unspecified atom stereocenters. The number of anilines is 1. The Hall–Kier alpha value is -2.13. The van der Waals surface area contributed by atoms with Crippen molar-refractivity contribution in [2.24, 2.45) is 0 Å². The molecule has 0 saturated heterocycles. The highest BCUT2D eigenvalue weighted by Gasteiger charge is 2.29. The fourth-order valence-electron chi connectivity index (χ4n) is 3.10. The van der Waals surface area contributed by atoms with Crippen LogP contribution >= 0.6 is 0 Å². The molecule has 1 amide bonds. The third-order valence-corrected chi connectivity index (χ3v) is 4.72. The summed E-state index contributed by atoms with van der Waals surface area (Å²) in [6.45, 7) is 5.66. The van der Waals surface area contributed by atoms with E-state index >= 15 is 0 Å². The van der Waals surface area contributed by atoms with Crippen LogP contribution in [0.3, 0.4) is 0 Å². The molecule has 1 aliphatic rings. The second-order valence-corrected chi connectivity index (χ2v) is 6.45. The van der Waals surface area contributed by atoms with Gasteiger partial charge >= 0.3 is 0 Å². The van der Waals surface area contributed by atoms with E-state index in [1.54, 1.807) is 0 Å². The predicted octanol–water partition coefficient (Wildman–Crippen LogP) is 3.40. The Morgan fingerprint density at radius 3 is 2.61 bits per heavy atom. The highest BCUT2D eigenvalue weighted by molar-refractivity contribution is 5.98. The number of nitrogens with zero attached hydrogens (tertiary/aromatic N) is 2. The van der Waals surface area contributed by atoms with Crippen molar-refractivity contribution in [3.8, 4) is 0 Å². The molecule has 0 aliphatic carbocycles. The second-order valence-electron chi connectivity index (χ2n) is 6.45. The highest BCUT2D eigenvalue weighted by atomic mass is 16.2. The van der Waals surface area contributed by atoms with Gasteiger partial charge in [-0.05, 0) is 44.5 Å². The lowest BCUT2D eigenvalue weighted by atomic mass is 10.1. The normalized spacial score (nSPS) is 14.9. The number of hydrogen-bond donors (Lipinski definition) is 0. The van der Waals surface area contributed by atoms with Crippen LogP contribution in [0, 0.1) is 6.92 Å². The first-order chi connectivity index (χ1) is 11.1. The topological polar surface area (TPSA) is 23.6 Å². The molecule has 3 heteroatoms. The van der Waals surface area contributed by atoms with Gasteiger partial charge in [0, 0.05) is 18.8 Å². The monoisotopic (exact) mass is 308 g/mol. The Bertz CT molecular complexity index is 693. The first-order valence-corrected chi connectivity index (χ1v) is 8.21. The first kappa shape index (κ1) is 15.8. The molecule has 0 aromatic heterocycles. The van der Waals surface area contributed by atoms with Gasteiger partial charge in [-0.15, -0.1) is 0 Å². The molecule has 3 nitrogen and oxygen atoms in total. The lowest BCUT2D eigenvalue weighted by Crippen LogP contribution is -2.45. The third-order valence-electron chi connectivity index (χ3n) is 4.72. The summed E-state index contributed by atoms with van der Waals surface area (Å²) in [6, 6.07) is 16.6. The van der Waals surface area contributed by atoms with Crippen molar-refractivity contribution < 1.29 is 4.79 Å². The Morgan fingerprint density at radius 1 is 1.17 bits per heavy atom. The minimum absolute atomic E-state index is 0.137. The van der Waals surface area contributed by atoms with Crippen molar-refractivity contribution in [2.75, 3.05) is 18.5 Å². The average molecular weight is 308 g/mol. The van der Waals surface area contributed by atoms with Gasteiger partial charge in [0.05, 0.1) is 6.04 Å². The number of carbonyl (C=O) groups is 1. The molecule has 0 bridgehead atoms. The zero-order valence-corrected chi connectivity index (χ0v) is 14.1. The van der Waals surface area contributed by atoms with E-state index in [1.807, 2.05) is 37.1 Å². The van der Waals surface area contributed by atoms with Gasteiger partial charge < -0.3 is 4.90 Å². The van der Waals surface area contributed by atoms with Crippen LogP contribution in [-0.4, -0.2) is 30.4 Å². The molecule has 1 atom stereocenters. The van der Waals surface area contributed by atoms with Gasteiger partial charge in [0.2, 0.25) is 5.91 Å². The Balaban J connectivity index is 1.69. The van der Waals surface area contributed by atoms with Crippen molar-refractivity contribution in [1.29, 1.82) is 0 Å². The van der Waals surface area contributed by atoms with Crippen LogP contribution in [0.5, 0.6) is 0 Å². The Morgan fingerprint density at radius 2 is 1.87 bits per heavy atom. The molecule has 23 heavy (non-hydrogen) atoms. The van der Waals surface area contributed by atoms with Gasteiger partial charge in [0.1, 0.15) is 0 Å². The lowest BCUT2D eigenvalue weighted by molar-refractivity contribution is -0.122. The third kappa shape index (κ3) is 3.30. The molecule has 0 fully saturated rings. The summed E-state index contributed by atoms with van der Waals surface area (Å²) in [5.41, 5.74) is 4.84. The SMILES string of the molecule is Cc1ccc(CN(C)[C@@H](C)C(=O)N2CCc3ccccc32)cc1. The predicted molar refractivity (Wildman–Crippen MR) is 94.6 cm³/mol. The van der Waals surface area contributed by atoms with E-state index in [4.69, 9.17) is 0 Å². The Kier molecular flexibility index (Phi) is 4.49. The summed E-state index contributed by atoms with van der Waals surface area (Å²) in [4.78, 5) is 16.9. The zero-order chi connectivity index (χ0) is 16.4. The second kappa shape index (κ2) is 6.55. The number of likely N-dealkylation sites (N-methyl/N-ethyl adjacent to an activating group) is 1. The molecule has 1 heterocycles. The summed E-state index contributed by atoms with van der Waals surface area (Å²) in [6.07, 6.45) is 0.955. The summed E-state index contributed by atoms with van der Waals surface area (Å²) in [7, 11) is 2.02. The molecule has 2 aromatic rings. The van der Waals surface area contributed by atoms with Crippen molar-refractivity contribution in [1.82, 2.24) is 4.90 Å². The van der Waals surface area contributed by atoms with Crippen LogP contribution in [0.15, 0.2) is 48.5 Å². The van der Waals surface area contributed by atoms with Crippen molar-refractivity contribution in [3.63, 3.8) is 0 Å². The summed E-state index contributed by atoms with van der Waals surface area (Å²) < 4.78 is 0. The number of rotatable bonds is 4. The molecule has 0 spiro atoms. The van der Waals surface area contributed by atoms with E-state index < -0.39 is 0 Å². The van der Waals surface area contributed by atoms with Gasteiger partial charge in [0.25, 0.3) is 0 Å². The highest BCUT2D eigenvalue weighted by Crippen LogP contribution is 2.28. The fraction of sp³-hybridized carbons (Fsp3) is 0.350. The number of fused-ring (bicyclic) bond motifs is 1. The molecule has 0 radical (unpaired) electrons. The van der Waals surface area contributed by atoms with Crippen LogP contribution < -0.4 is 4.90 Å². The maximum Gasteiger partial charge on any atom is 0.244 e. The van der Waals surface area contributed by atoms with E-state index in [9.17, 15) is 4.79 Å². The Labute approximate surface area is 138 Å². The summed E-state index contributed by atoms with van der Waals surface area (Å²) in [5, 5.41) is 0. The molecular formula is C20H24N2O. The number of para-hydroxylation sites is 1. The van der Waals surface area contributed by atoms with Crippen LogP contribution in [-0.2, 0) is 17.8 Å². The molecule has 1 aliphatic heterocycles. The molecule has 3 rings (SSSR count). The quantitative estimate of drug-likeness (QED) is 0.864. The van der Waals surface area contributed by atoms with Gasteiger partial charge in [-0.2, -0.15) is 0 Å². The van der Waals surface area contributed by atoms with Gasteiger partial charge in [0.15, 0.2) is 0 Å². The van der Waals surface area contributed by atoms with E-state index in [1.165, 1.54) is 16.7 Å². The van der Waals surface area contributed by atoms with Crippen LogP contribution in [0.2, 0.25) is 0 Å². The lowest BCUT2D eigenvalue weighted by Gasteiger charge is -2.28. The number of carbonyl (C=O) groups excluding carboxylic acids is 1. The van der Waals surface area contributed by atoms with E-state index in [0.717, 1.165) is 25.2 Å². The van der Waals surface area contributed by atoms with Gasteiger partial charge in [-0.1, -0.05) is 48.0 Å². The fourth-order valence-corrected chi connectivity index (χ4v) is 3.10. The number of benzene rings is 2. The molecule has 0 N–H and O–H groups in total. The smallest absolute Gasteiger partial charge is 0.244 e. The number of hydrogen-bond acceptors (Lipinski definition) is 2. The van der Waals surface area contributed by atoms with Crippen LogP contribution in [0.4, 0.5) is 5.69 Å². The number of amides is 1. The van der Waals surface area contributed by atoms with Gasteiger partial charge in [-0.25, -0.2) is 0 Å². The van der Waals surface area contributed by atoms with Crippen LogP contribution in [0.25, 0.3) is 0 Å². The van der Waals surface area contributed by atoms with E-state index in [-0.39, 0.29) is 11.9 Å².